The number of allylic oxidation sites excluding steroid dienone is 4. The van der Waals surface area contributed by atoms with E-state index in [1.165, 1.54) is 122 Å². The molecule has 0 saturated carbocycles. The van der Waals surface area contributed by atoms with E-state index >= 15 is 0 Å². The zero-order chi connectivity index (χ0) is 26.3. The molecule has 1 aliphatic rings. The van der Waals surface area contributed by atoms with Gasteiger partial charge in [-0.1, -0.05) is 142 Å². The van der Waals surface area contributed by atoms with Crippen LogP contribution in [0.3, 0.4) is 0 Å². The van der Waals surface area contributed by atoms with Crippen molar-refractivity contribution in [3.8, 4) is 0 Å². The Morgan fingerprint density at radius 3 is 1.43 bits per heavy atom. The highest BCUT2D eigenvalue weighted by molar-refractivity contribution is 5.40. The van der Waals surface area contributed by atoms with Crippen molar-refractivity contribution in [3.05, 3.63) is 22.3 Å². The Morgan fingerprint density at radius 2 is 1.00 bits per heavy atom. The van der Waals surface area contributed by atoms with Crippen molar-refractivity contribution in [2.45, 2.75) is 184 Å². The molecule has 206 valence electrons. The molecule has 0 amide bonds. The van der Waals surface area contributed by atoms with Gasteiger partial charge in [0.25, 0.3) is 0 Å². The second-order valence-electron chi connectivity index (χ2n) is 12.0. The van der Waals surface area contributed by atoms with Crippen LogP contribution in [-0.4, -0.2) is 0 Å². The molecule has 0 aliphatic heterocycles. The smallest absolute Gasteiger partial charge is 0.0126 e. The minimum absolute atomic E-state index is 0.334. The third kappa shape index (κ3) is 7.74. The predicted molar refractivity (Wildman–Crippen MR) is 161 cm³/mol. The summed E-state index contributed by atoms with van der Waals surface area (Å²) < 4.78 is 0. The maximum absolute atomic E-state index is 2.46. The van der Waals surface area contributed by atoms with Crippen molar-refractivity contribution in [3.63, 3.8) is 0 Å². The lowest BCUT2D eigenvalue weighted by Crippen LogP contribution is -2.39. The maximum atomic E-state index is 2.46. The molecule has 0 nitrogen and oxygen atoms in total. The summed E-state index contributed by atoms with van der Waals surface area (Å²) in [4.78, 5) is 0. The van der Waals surface area contributed by atoms with Gasteiger partial charge in [0, 0.05) is 5.41 Å². The van der Waals surface area contributed by atoms with Crippen LogP contribution in [0.5, 0.6) is 0 Å². The largest absolute Gasteiger partial charge is 0.0696 e. The zero-order valence-corrected chi connectivity index (χ0v) is 26.0. The Morgan fingerprint density at radius 1 is 0.514 bits per heavy atom. The molecular formula is C35H66. The van der Waals surface area contributed by atoms with Gasteiger partial charge in [0.2, 0.25) is 0 Å². The van der Waals surface area contributed by atoms with E-state index in [1.807, 2.05) is 22.3 Å². The molecule has 0 fully saturated rings. The van der Waals surface area contributed by atoms with E-state index in [4.69, 9.17) is 0 Å². The van der Waals surface area contributed by atoms with Crippen molar-refractivity contribution < 1.29 is 0 Å². The Bertz CT molecular complexity index is 618. The van der Waals surface area contributed by atoms with Gasteiger partial charge in [-0.25, -0.2) is 0 Å². The molecular weight excluding hydrogens is 420 g/mol. The van der Waals surface area contributed by atoms with Crippen molar-refractivity contribution in [2.24, 2.45) is 16.7 Å². The fraction of sp³-hybridized carbons (Fsp3) is 0.886. The molecule has 0 spiro atoms. The van der Waals surface area contributed by atoms with Crippen LogP contribution >= 0.6 is 0 Å². The summed E-state index contributed by atoms with van der Waals surface area (Å²) in [6.45, 7) is 22.1. The second kappa shape index (κ2) is 17.1. The van der Waals surface area contributed by atoms with Crippen LogP contribution in [-0.2, 0) is 0 Å². The van der Waals surface area contributed by atoms with Gasteiger partial charge in [-0.2, -0.15) is 0 Å². The molecule has 1 atom stereocenters. The van der Waals surface area contributed by atoms with E-state index < -0.39 is 0 Å². The third-order valence-electron chi connectivity index (χ3n) is 9.19. The highest BCUT2D eigenvalue weighted by Gasteiger charge is 2.47. The summed E-state index contributed by atoms with van der Waals surface area (Å²) in [5.74, 6) is 0.789. The monoisotopic (exact) mass is 487 g/mol. The molecule has 0 heterocycles. The first-order valence-corrected chi connectivity index (χ1v) is 16.4. The SMILES string of the molecule is CCC/C1=C(\CCC)C(CCC)(CCC)/C(CCC)=C(\CCC)CC(CCC)(CCC)C1CCC. The van der Waals surface area contributed by atoms with Crippen LogP contribution in [0.25, 0.3) is 0 Å². The first-order chi connectivity index (χ1) is 16.9. The molecule has 0 aromatic heterocycles. The molecule has 0 bridgehead atoms. The van der Waals surface area contributed by atoms with Crippen molar-refractivity contribution in [2.75, 3.05) is 0 Å². The standard InChI is InChI=1S/C35H66/c1-10-19-29-28-34(24-15-6,25-16-7)32(22-13-4)30(20-11-2)33(23-14-5)35(26-17-8,27-18-9)31(29)21-12-3/h32H,10-28H2,1-9H3/b31-29+,33-30-. The van der Waals surface area contributed by atoms with Gasteiger partial charge < -0.3 is 0 Å². The molecule has 0 saturated heterocycles. The van der Waals surface area contributed by atoms with Crippen LogP contribution in [0.15, 0.2) is 22.3 Å². The molecule has 1 aliphatic carbocycles. The van der Waals surface area contributed by atoms with E-state index in [0.717, 1.165) is 5.92 Å². The van der Waals surface area contributed by atoms with Crippen LogP contribution in [0.2, 0.25) is 0 Å². The van der Waals surface area contributed by atoms with Gasteiger partial charge in [0.15, 0.2) is 0 Å². The van der Waals surface area contributed by atoms with Gasteiger partial charge in [-0.15, -0.1) is 0 Å². The topological polar surface area (TPSA) is 0 Å². The lowest BCUT2D eigenvalue weighted by Gasteiger charge is -2.51. The number of rotatable bonds is 18. The molecule has 1 unspecified atom stereocenters. The van der Waals surface area contributed by atoms with Gasteiger partial charge in [-0.05, 0) is 75.5 Å². The lowest BCUT2D eigenvalue weighted by molar-refractivity contribution is 0.125. The van der Waals surface area contributed by atoms with Crippen molar-refractivity contribution in [1.82, 2.24) is 0 Å². The fourth-order valence-electron chi connectivity index (χ4n) is 8.51. The van der Waals surface area contributed by atoms with Gasteiger partial charge >= 0.3 is 0 Å². The Kier molecular flexibility index (Phi) is 15.9. The molecule has 35 heavy (non-hydrogen) atoms. The van der Waals surface area contributed by atoms with E-state index in [-0.39, 0.29) is 0 Å². The normalized spacial score (nSPS) is 24.4. The Labute approximate surface area is 223 Å². The summed E-state index contributed by atoms with van der Waals surface area (Å²) in [5.41, 5.74) is 8.58. The molecule has 0 N–H and O–H groups in total. The zero-order valence-electron chi connectivity index (χ0n) is 26.0. The van der Waals surface area contributed by atoms with Crippen LogP contribution in [0.1, 0.15) is 184 Å². The van der Waals surface area contributed by atoms with Crippen LogP contribution in [0.4, 0.5) is 0 Å². The quantitative estimate of drug-likeness (QED) is 0.169. The molecule has 1 rings (SSSR count). The van der Waals surface area contributed by atoms with Gasteiger partial charge in [0.1, 0.15) is 0 Å². The van der Waals surface area contributed by atoms with Crippen molar-refractivity contribution in [1.29, 1.82) is 0 Å². The highest BCUT2D eigenvalue weighted by atomic mass is 14.5. The summed E-state index contributed by atoms with van der Waals surface area (Å²) in [7, 11) is 0. The van der Waals surface area contributed by atoms with E-state index in [0.29, 0.717) is 10.8 Å². The van der Waals surface area contributed by atoms with E-state index in [1.54, 1.807) is 0 Å². The third-order valence-corrected chi connectivity index (χ3v) is 9.19. The number of hydrogen-bond donors (Lipinski definition) is 0. The Balaban J connectivity index is 4.29. The van der Waals surface area contributed by atoms with Gasteiger partial charge in [-0.3, -0.25) is 0 Å². The summed E-state index contributed by atoms with van der Waals surface area (Å²) >= 11 is 0. The Hall–Kier alpha value is -0.520. The average molecular weight is 487 g/mol. The van der Waals surface area contributed by atoms with Crippen LogP contribution < -0.4 is 0 Å². The minimum Gasteiger partial charge on any atom is -0.0696 e. The van der Waals surface area contributed by atoms with Crippen LogP contribution in [0, 0.1) is 16.7 Å². The lowest BCUT2D eigenvalue weighted by atomic mass is 9.53. The fourth-order valence-corrected chi connectivity index (χ4v) is 8.51. The summed E-state index contributed by atoms with van der Waals surface area (Å²) in [6, 6.07) is 0. The molecule has 0 heteroatoms. The predicted octanol–water partition coefficient (Wildman–Crippen LogP) is 12.8. The van der Waals surface area contributed by atoms with Gasteiger partial charge in [0.05, 0.1) is 0 Å². The van der Waals surface area contributed by atoms with E-state index in [9.17, 15) is 0 Å². The van der Waals surface area contributed by atoms with Crippen molar-refractivity contribution >= 4 is 0 Å². The second-order valence-corrected chi connectivity index (χ2v) is 12.0. The first kappa shape index (κ1) is 32.5. The molecule has 0 aromatic carbocycles. The summed E-state index contributed by atoms with van der Waals surface area (Å²) in [5, 5.41) is 0. The number of hydrogen-bond acceptors (Lipinski definition) is 0. The summed E-state index contributed by atoms with van der Waals surface area (Å²) in [6.07, 6.45) is 25.5. The first-order valence-electron chi connectivity index (χ1n) is 16.4. The van der Waals surface area contributed by atoms with E-state index in [2.05, 4.69) is 62.3 Å². The highest BCUT2D eigenvalue weighted by Crippen LogP contribution is 2.59. The maximum Gasteiger partial charge on any atom is 0.0126 e. The minimum atomic E-state index is 0.334. The molecule has 0 aromatic rings. The average Bonchev–Trinajstić information content (AvgIpc) is 2.83. The molecule has 0 radical (unpaired) electrons.